The van der Waals surface area contributed by atoms with Crippen molar-refractivity contribution >= 4 is 5.91 Å². The summed E-state index contributed by atoms with van der Waals surface area (Å²) in [7, 11) is 0. The topological polar surface area (TPSA) is 47.6 Å². The molecule has 2 aliphatic rings. The molecule has 0 radical (unpaired) electrons. The van der Waals surface area contributed by atoms with Crippen LogP contribution in [-0.2, 0) is 14.3 Å². The molecule has 0 aliphatic carbocycles. The van der Waals surface area contributed by atoms with Crippen LogP contribution in [0.15, 0.2) is 0 Å². The molecule has 2 heterocycles. The SMILES string of the molecule is O=C(NC1COC1)C1CCOCC1. The maximum atomic E-state index is 11.6. The second-order valence-electron chi connectivity index (χ2n) is 3.63. The number of amides is 1. The molecule has 0 unspecified atom stereocenters. The normalized spacial score (nSPS) is 25.2. The standard InChI is InChI=1S/C9H15NO3/c11-9(10-8-5-13-6-8)7-1-3-12-4-2-7/h7-8H,1-6H2,(H,10,11). The molecule has 0 saturated carbocycles. The van der Waals surface area contributed by atoms with Gasteiger partial charge in [-0.1, -0.05) is 0 Å². The van der Waals surface area contributed by atoms with Gasteiger partial charge in [-0.2, -0.15) is 0 Å². The first-order valence-electron chi connectivity index (χ1n) is 4.82. The van der Waals surface area contributed by atoms with Gasteiger partial charge in [-0.25, -0.2) is 0 Å². The first-order valence-corrected chi connectivity index (χ1v) is 4.82. The van der Waals surface area contributed by atoms with Gasteiger partial charge in [0.05, 0.1) is 19.3 Å². The van der Waals surface area contributed by atoms with E-state index >= 15 is 0 Å². The molecular formula is C9H15NO3. The molecule has 2 saturated heterocycles. The van der Waals surface area contributed by atoms with Crippen molar-refractivity contribution in [2.75, 3.05) is 26.4 Å². The average Bonchev–Trinajstić information content (AvgIpc) is 2.12. The van der Waals surface area contributed by atoms with Crippen LogP contribution in [0, 0.1) is 5.92 Å². The molecular weight excluding hydrogens is 170 g/mol. The third-order valence-electron chi connectivity index (χ3n) is 2.58. The molecule has 0 aromatic rings. The van der Waals surface area contributed by atoms with Gasteiger partial charge in [-0.05, 0) is 12.8 Å². The summed E-state index contributed by atoms with van der Waals surface area (Å²) < 4.78 is 10.2. The first-order chi connectivity index (χ1) is 6.36. The van der Waals surface area contributed by atoms with Crippen LogP contribution in [0.2, 0.25) is 0 Å². The molecule has 0 atom stereocenters. The molecule has 2 aliphatic heterocycles. The van der Waals surface area contributed by atoms with E-state index in [9.17, 15) is 4.79 Å². The van der Waals surface area contributed by atoms with Crippen molar-refractivity contribution in [3.63, 3.8) is 0 Å². The smallest absolute Gasteiger partial charge is 0.223 e. The number of hydrogen-bond acceptors (Lipinski definition) is 3. The summed E-state index contributed by atoms with van der Waals surface area (Å²) in [6.07, 6.45) is 1.72. The molecule has 4 nitrogen and oxygen atoms in total. The van der Waals surface area contributed by atoms with Crippen molar-refractivity contribution in [3.8, 4) is 0 Å². The van der Waals surface area contributed by atoms with Crippen molar-refractivity contribution in [1.29, 1.82) is 0 Å². The van der Waals surface area contributed by atoms with Gasteiger partial charge in [0, 0.05) is 19.1 Å². The zero-order chi connectivity index (χ0) is 9.10. The molecule has 0 aromatic carbocycles. The maximum Gasteiger partial charge on any atom is 0.223 e. The number of ether oxygens (including phenoxy) is 2. The zero-order valence-corrected chi connectivity index (χ0v) is 7.62. The Labute approximate surface area is 77.6 Å². The number of hydrogen-bond donors (Lipinski definition) is 1. The second-order valence-corrected chi connectivity index (χ2v) is 3.63. The Morgan fingerprint density at radius 1 is 1.15 bits per heavy atom. The maximum absolute atomic E-state index is 11.6. The van der Waals surface area contributed by atoms with E-state index in [2.05, 4.69) is 5.32 Å². The van der Waals surface area contributed by atoms with E-state index in [1.54, 1.807) is 0 Å². The Bertz CT molecular complexity index is 185. The van der Waals surface area contributed by atoms with Crippen LogP contribution in [0.5, 0.6) is 0 Å². The third kappa shape index (κ3) is 2.19. The minimum atomic E-state index is 0.161. The zero-order valence-electron chi connectivity index (χ0n) is 7.62. The van der Waals surface area contributed by atoms with E-state index in [1.165, 1.54) is 0 Å². The molecule has 2 rings (SSSR count). The van der Waals surface area contributed by atoms with Gasteiger partial charge in [0.2, 0.25) is 5.91 Å². The average molecular weight is 185 g/mol. The molecule has 0 spiro atoms. The fraction of sp³-hybridized carbons (Fsp3) is 0.889. The highest BCUT2D eigenvalue weighted by atomic mass is 16.5. The molecule has 0 bridgehead atoms. The quantitative estimate of drug-likeness (QED) is 0.655. The predicted octanol–water partition coefficient (Wildman–Crippen LogP) is -0.0720. The van der Waals surface area contributed by atoms with Crippen LogP contribution < -0.4 is 5.32 Å². The summed E-state index contributed by atoms with van der Waals surface area (Å²) in [6.45, 7) is 2.79. The lowest BCUT2D eigenvalue weighted by Gasteiger charge is -2.29. The fourth-order valence-corrected chi connectivity index (χ4v) is 1.60. The van der Waals surface area contributed by atoms with Gasteiger partial charge in [-0.15, -0.1) is 0 Å². The summed E-state index contributed by atoms with van der Waals surface area (Å²) in [5, 5.41) is 2.97. The van der Waals surface area contributed by atoms with E-state index in [0.717, 1.165) is 26.1 Å². The molecule has 74 valence electrons. The summed E-state index contributed by atoms with van der Waals surface area (Å²) in [4.78, 5) is 11.6. The molecule has 0 aromatic heterocycles. The lowest BCUT2D eigenvalue weighted by molar-refractivity contribution is -0.132. The van der Waals surface area contributed by atoms with Gasteiger partial charge in [-0.3, -0.25) is 4.79 Å². The molecule has 4 heteroatoms. The van der Waals surface area contributed by atoms with E-state index in [1.807, 2.05) is 0 Å². The lowest BCUT2D eigenvalue weighted by atomic mass is 9.99. The van der Waals surface area contributed by atoms with Crippen molar-refractivity contribution in [1.82, 2.24) is 5.32 Å². The van der Waals surface area contributed by atoms with Crippen molar-refractivity contribution in [3.05, 3.63) is 0 Å². The first kappa shape index (κ1) is 8.97. The van der Waals surface area contributed by atoms with Gasteiger partial charge >= 0.3 is 0 Å². The summed E-state index contributed by atoms with van der Waals surface area (Å²) in [5.74, 6) is 0.339. The van der Waals surface area contributed by atoms with Crippen molar-refractivity contribution in [2.24, 2.45) is 5.92 Å². The van der Waals surface area contributed by atoms with E-state index in [0.29, 0.717) is 13.2 Å². The number of carbonyl (C=O) groups is 1. The van der Waals surface area contributed by atoms with E-state index in [4.69, 9.17) is 9.47 Å². The Hall–Kier alpha value is -0.610. The summed E-state index contributed by atoms with van der Waals surface area (Å²) >= 11 is 0. The van der Waals surface area contributed by atoms with E-state index in [-0.39, 0.29) is 17.9 Å². The van der Waals surface area contributed by atoms with Gasteiger partial charge in [0.25, 0.3) is 0 Å². The molecule has 1 N–H and O–H groups in total. The van der Waals surface area contributed by atoms with Crippen LogP contribution in [-0.4, -0.2) is 38.4 Å². The highest BCUT2D eigenvalue weighted by Gasteiger charge is 2.26. The number of nitrogens with one attached hydrogen (secondary N) is 1. The van der Waals surface area contributed by atoms with Gasteiger partial charge < -0.3 is 14.8 Å². The van der Waals surface area contributed by atoms with Crippen molar-refractivity contribution in [2.45, 2.75) is 18.9 Å². The monoisotopic (exact) mass is 185 g/mol. The van der Waals surface area contributed by atoms with Crippen LogP contribution in [0.4, 0.5) is 0 Å². The summed E-state index contributed by atoms with van der Waals surface area (Å²) in [5.41, 5.74) is 0. The highest BCUT2D eigenvalue weighted by Crippen LogP contribution is 2.15. The Kier molecular flexibility index (Phi) is 2.80. The Balaban J connectivity index is 1.74. The third-order valence-corrected chi connectivity index (χ3v) is 2.58. The molecule has 1 amide bonds. The Morgan fingerprint density at radius 3 is 2.38 bits per heavy atom. The molecule has 2 fully saturated rings. The highest BCUT2D eigenvalue weighted by molar-refractivity contribution is 5.79. The number of rotatable bonds is 2. The van der Waals surface area contributed by atoms with Gasteiger partial charge in [0.15, 0.2) is 0 Å². The van der Waals surface area contributed by atoms with Crippen LogP contribution in [0.25, 0.3) is 0 Å². The largest absolute Gasteiger partial charge is 0.381 e. The minimum absolute atomic E-state index is 0.161. The van der Waals surface area contributed by atoms with Crippen LogP contribution >= 0.6 is 0 Å². The van der Waals surface area contributed by atoms with E-state index < -0.39 is 0 Å². The fourth-order valence-electron chi connectivity index (χ4n) is 1.60. The van der Waals surface area contributed by atoms with Crippen LogP contribution in [0.3, 0.4) is 0 Å². The number of carbonyl (C=O) groups excluding carboxylic acids is 1. The predicted molar refractivity (Wildman–Crippen MR) is 46.3 cm³/mol. The van der Waals surface area contributed by atoms with Gasteiger partial charge in [0.1, 0.15) is 0 Å². The van der Waals surface area contributed by atoms with Crippen molar-refractivity contribution < 1.29 is 14.3 Å². The summed E-state index contributed by atoms with van der Waals surface area (Å²) in [6, 6.07) is 0.260. The second kappa shape index (κ2) is 4.07. The lowest BCUT2D eigenvalue weighted by Crippen LogP contribution is -2.50. The Morgan fingerprint density at radius 2 is 1.85 bits per heavy atom. The molecule has 13 heavy (non-hydrogen) atoms. The van der Waals surface area contributed by atoms with Crippen LogP contribution in [0.1, 0.15) is 12.8 Å². The minimum Gasteiger partial charge on any atom is -0.381 e.